The molecule has 5 heteroatoms. The number of rotatable bonds is 3. The number of imidazole rings is 1. The van der Waals surface area contributed by atoms with Gasteiger partial charge in [-0.05, 0) is 12.5 Å². The number of nitrogens with one attached hydrogen (secondary N) is 1. The fourth-order valence-corrected chi connectivity index (χ4v) is 1.96. The Balaban J connectivity index is 2.36. The minimum atomic E-state index is -0.259. The zero-order valence-electron chi connectivity index (χ0n) is 12.3. The summed E-state index contributed by atoms with van der Waals surface area (Å²) in [5.41, 5.74) is 2.20. The Morgan fingerprint density at radius 3 is 2.45 bits per heavy atom. The minimum Gasteiger partial charge on any atom is -0.336 e. The van der Waals surface area contributed by atoms with Crippen molar-refractivity contribution in [2.45, 2.75) is 13.0 Å². The summed E-state index contributed by atoms with van der Waals surface area (Å²) >= 11 is 0. The fourth-order valence-electron chi connectivity index (χ4n) is 1.96. The molecule has 0 aliphatic rings. The van der Waals surface area contributed by atoms with Crippen molar-refractivity contribution in [2.24, 2.45) is 7.05 Å². The summed E-state index contributed by atoms with van der Waals surface area (Å²) in [7, 11) is 5.37. The van der Waals surface area contributed by atoms with Gasteiger partial charge in [0.15, 0.2) is 0 Å². The van der Waals surface area contributed by atoms with Crippen LogP contribution in [0.5, 0.6) is 0 Å². The summed E-state index contributed by atoms with van der Waals surface area (Å²) in [5, 5.41) is 3.00. The maximum absolute atomic E-state index is 12.0. The summed E-state index contributed by atoms with van der Waals surface area (Å²) < 4.78 is 1.92. The molecule has 0 radical (unpaired) electrons. The monoisotopic (exact) mass is 272 g/mol. The summed E-state index contributed by atoms with van der Waals surface area (Å²) in [6, 6.07) is 7.71. The van der Waals surface area contributed by atoms with E-state index in [0.717, 1.165) is 11.4 Å². The molecule has 0 bridgehead atoms. The molecular formula is C15H20N4O. The van der Waals surface area contributed by atoms with Crippen molar-refractivity contribution in [1.82, 2.24) is 19.8 Å². The summed E-state index contributed by atoms with van der Waals surface area (Å²) in [4.78, 5) is 17.9. The molecule has 20 heavy (non-hydrogen) atoms. The van der Waals surface area contributed by atoms with Crippen LogP contribution in [0.2, 0.25) is 0 Å². The van der Waals surface area contributed by atoms with Gasteiger partial charge in [-0.1, -0.05) is 29.8 Å². The maximum Gasteiger partial charge on any atom is 0.317 e. The van der Waals surface area contributed by atoms with E-state index in [9.17, 15) is 4.79 Å². The number of benzene rings is 1. The zero-order valence-corrected chi connectivity index (χ0v) is 12.3. The van der Waals surface area contributed by atoms with Crippen LogP contribution in [0.25, 0.3) is 0 Å². The molecule has 1 aromatic heterocycles. The number of urea groups is 1. The molecule has 0 aliphatic carbocycles. The number of carbonyl (C=O) groups is 1. The van der Waals surface area contributed by atoms with Gasteiger partial charge in [0.2, 0.25) is 0 Å². The number of carbonyl (C=O) groups excluding carboxylic acids is 1. The van der Waals surface area contributed by atoms with Gasteiger partial charge in [-0.3, -0.25) is 0 Å². The van der Waals surface area contributed by atoms with Crippen LogP contribution in [-0.4, -0.2) is 34.6 Å². The average Bonchev–Trinajstić information content (AvgIpc) is 2.83. The Hall–Kier alpha value is -2.30. The Kier molecular flexibility index (Phi) is 4.08. The van der Waals surface area contributed by atoms with E-state index < -0.39 is 0 Å². The second kappa shape index (κ2) is 5.77. The van der Waals surface area contributed by atoms with Crippen LogP contribution in [0.4, 0.5) is 4.79 Å². The lowest BCUT2D eigenvalue weighted by molar-refractivity contribution is 0.214. The van der Waals surface area contributed by atoms with Crippen molar-refractivity contribution in [3.8, 4) is 0 Å². The van der Waals surface area contributed by atoms with Gasteiger partial charge in [0.25, 0.3) is 0 Å². The molecule has 0 spiro atoms. The average molecular weight is 272 g/mol. The largest absolute Gasteiger partial charge is 0.336 e. The van der Waals surface area contributed by atoms with Gasteiger partial charge in [0, 0.05) is 33.5 Å². The molecule has 0 saturated carbocycles. The lowest BCUT2D eigenvalue weighted by Crippen LogP contribution is -2.38. The normalized spacial score (nSPS) is 12.0. The number of nitrogens with zero attached hydrogens (tertiary/aromatic N) is 3. The lowest BCUT2D eigenvalue weighted by atomic mass is 10.0. The summed E-state index contributed by atoms with van der Waals surface area (Å²) in [6.45, 7) is 2.04. The summed E-state index contributed by atoms with van der Waals surface area (Å²) in [5.74, 6) is 0.809. The molecule has 1 heterocycles. The third-order valence-corrected chi connectivity index (χ3v) is 3.20. The van der Waals surface area contributed by atoms with Crippen molar-refractivity contribution < 1.29 is 4.79 Å². The van der Waals surface area contributed by atoms with Crippen molar-refractivity contribution >= 4 is 6.03 Å². The highest BCUT2D eigenvalue weighted by molar-refractivity contribution is 5.74. The van der Waals surface area contributed by atoms with Gasteiger partial charge in [-0.25, -0.2) is 9.78 Å². The molecule has 5 nitrogen and oxygen atoms in total. The highest BCUT2D eigenvalue weighted by Gasteiger charge is 2.21. The van der Waals surface area contributed by atoms with Gasteiger partial charge >= 0.3 is 6.03 Å². The van der Waals surface area contributed by atoms with Crippen LogP contribution < -0.4 is 5.32 Å². The number of aryl methyl sites for hydroxylation is 2. The number of hydrogen-bond acceptors (Lipinski definition) is 2. The van der Waals surface area contributed by atoms with E-state index in [-0.39, 0.29) is 12.1 Å². The quantitative estimate of drug-likeness (QED) is 0.930. The van der Waals surface area contributed by atoms with E-state index in [1.54, 1.807) is 20.3 Å². The second-order valence-electron chi connectivity index (χ2n) is 5.08. The molecule has 0 aliphatic heterocycles. The van der Waals surface area contributed by atoms with E-state index >= 15 is 0 Å². The second-order valence-corrected chi connectivity index (χ2v) is 5.08. The molecule has 2 amide bonds. The molecule has 1 N–H and O–H groups in total. The number of hydrogen-bond donors (Lipinski definition) is 1. The van der Waals surface area contributed by atoms with Crippen LogP contribution in [0.15, 0.2) is 36.7 Å². The first kappa shape index (κ1) is 14.1. The first-order chi connectivity index (χ1) is 9.49. The van der Waals surface area contributed by atoms with Gasteiger partial charge in [-0.15, -0.1) is 0 Å². The smallest absolute Gasteiger partial charge is 0.317 e. The third kappa shape index (κ3) is 2.99. The first-order valence-corrected chi connectivity index (χ1v) is 6.50. The SMILES string of the molecule is Cc1ccc(C(NC(=O)N(C)C)c2nccn2C)cc1. The number of aromatic nitrogens is 2. The molecular weight excluding hydrogens is 252 g/mol. The van der Waals surface area contributed by atoms with E-state index in [2.05, 4.69) is 10.3 Å². The van der Waals surface area contributed by atoms with Gasteiger partial charge < -0.3 is 14.8 Å². The Morgan fingerprint density at radius 1 is 1.30 bits per heavy atom. The lowest BCUT2D eigenvalue weighted by Gasteiger charge is -2.21. The number of amides is 2. The highest BCUT2D eigenvalue weighted by Crippen LogP contribution is 2.21. The van der Waals surface area contributed by atoms with Gasteiger partial charge in [-0.2, -0.15) is 0 Å². The molecule has 106 valence electrons. The highest BCUT2D eigenvalue weighted by atomic mass is 16.2. The predicted molar refractivity (Wildman–Crippen MR) is 78.4 cm³/mol. The standard InChI is InChI=1S/C15H20N4O/c1-11-5-7-12(8-6-11)13(17-15(20)18(2)3)14-16-9-10-19(14)4/h5-10,13H,1-4H3,(H,17,20). The first-order valence-electron chi connectivity index (χ1n) is 6.50. The van der Waals surface area contributed by atoms with Gasteiger partial charge in [0.1, 0.15) is 11.9 Å². The van der Waals surface area contributed by atoms with Crippen molar-refractivity contribution in [3.05, 3.63) is 53.6 Å². The van der Waals surface area contributed by atoms with E-state index in [4.69, 9.17) is 0 Å². The van der Waals surface area contributed by atoms with Crippen LogP contribution >= 0.6 is 0 Å². The third-order valence-electron chi connectivity index (χ3n) is 3.20. The topological polar surface area (TPSA) is 50.2 Å². The molecule has 1 aromatic carbocycles. The Labute approximate surface area is 119 Å². The zero-order chi connectivity index (χ0) is 14.7. The fraction of sp³-hybridized carbons (Fsp3) is 0.333. The molecule has 2 rings (SSSR count). The van der Waals surface area contributed by atoms with Crippen molar-refractivity contribution in [2.75, 3.05) is 14.1 Å². The molecule has 0 fully saturated rings. The molecule has 0 saturated heterocycles. The van der Waals surface area contributed by atoms with Crippen LogP contribution in [0, 0.1) is 6.92 Å². The summed E-state index contributed by atoms with van der Waals surface area (Å²) in [6.07, 6.45) is 3.61. The van der Waals surface area contributed by atoms with E-state index in [0.29, 0.717) is 0 Å². The molecule has 1 atom stereocenters. The van der Waals surface area contributed by atoms with Crippen LogP contribution in [0.3, 0.4) is 0 Å². The Bertz CT molecular complexity index is 586. The van der Waals surface area contributed by atoms with Crippen molar-refractivity contribution in [3.63, 3.8) is 0 Å². The molecule has 1 unspecified atom stereocenters. The van der Waals surface area contributed by atoms with Crippen LogP contribution in [-0.2, 0) is 7.05 Å². The van der Waals surface area contributed by atoms with Gasteiger partial charge in [0.05, 0.1) is 0 Å². The van der Waals surface area contributed by atoms with Crippen LogP contribution in [0.1, 0.15) is 23.0 Å². The Morgan fingerprint density at radius 2 is 1.95 bits per heavy atom. The van der Waals surface area contributed by atoms with E-state index in [1.807, 2.05) is 49.0 Å². The predicted octanol–water partition coefficient (Wildman–Crippen LogP) is 2.09. The molecule has 2 aromatic rings. The maximum atomic E-state index is 12.0. The minimum absolute atomic E-state index is 0.140. The van der Waals surface area contributed by atoms with Crippen molar-refractivity contribution in [1.29, 1.82) is 0 Å². The van der Waals surface area contributed by atoms with E-state index in [1.165, 1.54) is 10.5 Å².